The predicted molar refractivity (Wildman–Crippen MR) is 61.3 cm³/mol. The molecule has 0 aliphatic heterocycles. The number of carboxylic acids is 1. The Morgan fingerprint density at radius 3 is 2.31 bits per heavy atom. The Kier molecular flexibility index (Phi) is 4.07. The molecule has 1 N–H and O–H groups in total. The molecule has 0 spiro atoms. The van der Waals surface area contributed by atoms with Crippen LogP contribution >= 0.6 is 0 Å². The highest BCUT2D eigenvalue weighted by Gasteiger charge is 2.10. The summed E-state index contributed by atoms with van der Waals surface area (Å²) < 4.78 is 0. The summed E-state index contributed by atoms with van der Waals surface area (Å²) in [6, 6.07) is 5.82. The van der Waals surface area contributed by atoms with Crippen molar-refractivity contribution in [3.8, 4) is 6.07 Å². The molecule has 0 saturated carbocycles. The Balaban J connectivity index is 3.27. The van der Waals surface area contributed by atoms with Gasteiger partial charge in [0.1, 0.15) is 0 Å². The van der Waals surface area contributed by atoms with Crippen LogP contribution in [0.3, 0.4) is 0 Å². The van der Waals surface area contributed by atoms with Gasteiger partial charge in [0.05, 0.1) is 18.1 Å². The maximum Gasteiger partial charge on any atom is 0.307 e. The quantitative estimate of drug-likeness (QED) is 0.841. The van der Waals surface area contributed by atoms with Gasteiger partial charge in [0, 0.05) is 0 Å². The predicted octanol–water partition coefficient (Wildman–Crippen LogP) is 2.31. The minimum absolute atomic E-state index is 0.0296. The number of aryl methyl sites for hydroxylation is 2. The van der Waals surface area contributed by atoms with E-state index < -0.39 is 5.97 Å². The third kappa shape index (κ3) is 2.60. The summed E-state index contributed by atoms with van der Waals surface area (Å²) in [6.07, 6.45) is 1.53. The van der Waals surface area contributed by atoms with Crippen molar-refractivity contribution in [2.75, 3.05) is 0 Å². The molecule has 0 bridgehead atoms. The molecule has 3 nitrogen and oxygen atoms in total. The lowest BCUT2D eigenvalue weighted by molar-refractivity contribution is -0.136. The van der Waals surface area contributed by atoms with Crippen LogP contribution in [0, 0.1) is 11.3 Å². The van der Waals surface area contributed by atoms with Gasteiger partial charge in [0.2, 0.25) is 0 Å². The van der Waals surface area contributed by atoms with Crippen LogP contribution < -0.4 is 0 Å². The average molecular weight is 217 g/mol. The first-order chi connectivity index (χ1) is 7.62. The molecule has 0 amide bonds. The van der Waals surface area contributed by atoms with Gasteiger partial charge in [-0.25, -0.2) is 0 Å². The smallest absolute Gasteiger partial charge is 0.307 e. The van der Waals surface area contributed by atoms with Crippen LogP contribution in [0.4, 0.5) is 0 Å². The van der Waals surface area contributed by atoms with Gasteiger partial charge in [-0.3, -0.25) is 4.79 Å². The van der Waals surface area contributed by atoms with E-state index in [0.29, 0.717) is 5.56 Å². The molecule has 0 fully saturated rings. The van der Waals surface area contributed by atoms with Crippen LogP contribution in [0.25, 0.3) is 0 Å². The van der Waals surface area contributed by atoms with E-state index >= 15 is 0 Å². The maximum atomic E-state index is 10.7. The summed E-state index contributed by atoms with van der Waals surface area (Å²) >= 11 is 0. The second-order valence-electron chi connectivity index (χ2n) is 3.67. The molecule has 1 aromatic carbocycles. The van der Waals surface area contributed by atoms with Crippen LogP contribution in [0.15, 0.2) is 12.1 Å². The van der Waals surface area contributed by atoms with E-state index in [1.54, 1.807) is 0 Å². The summed E-state index contributed by atoms with van der Waals surface area (Å²) in [6.45, 7) is 3.93. The van der Waals surface area contributed by atoms with Crippen molar-refractivity contribution < 1.29 is 9.90 Å². The number of nitrogens with zero attached hydrogens (tertiary/aromatic N) is 1. The highest BCUT2D eigenvalue weighted by Crippen LogP contribution is 2.18. The molecule has 0 radical (unpaired) electrons. The number of aliphatic carboxylic acids is 1. The first-order valence-electron chi connectivity index (χ1n) is 5.38. The fourth-order valence-electron chi connectivity index (χ4n) is 1.79. The van der Waals surface area contributed by atoms with Gasteiger partial charge in [-0.2, -0.15) is 5.26 Å². The molecule has 0 aliphatic carbocycles. The lowest BCUT2D eigenvalue weighted by atomic mass is 9.94. The van der Waals surface area contributed by atoms with Crippen molar-refractivity contribution >= 4 is 5.97 Å². The molecule has 3 heteroatoms. The number of carbonyl (C=O) groups is 1. The number of carboxylic acid groups (broad SMARTS) is 1. The SMILES string of the molecule is CCc1cc(CC(=O)O)c(CC)cc1C#N. The first-order valence-corrected chi connectivity index (χ1v) is 5.38. The standard InChI is InChI=1S/C13H15NO2/c1-3-9-6-12(8-14)10(4-2)5-11(9)7-13(15)16/h5-6H,3-4,7H2,1-2H3,(H,15,16). The van der Waals surface area contributed by atoms with Crippen LogP contribution in [-0.4, -0.2) is 11.1 Å². The summed E-state index contributed by atoms with van der Waals surface area (Å²) in [5.41, 5.74) is 3.37. The Hall–Kier alpha value is -1.82. The van der Waals surface area contributed by atoms with E-state index in [2.05, 4.69) is 6.07 Å². The molecular formula is C13H15NO2. The lowest BCUT2D eigenvalue weighted by Gasteiger charge is -2.10. The monoisotopic (exact) mass is 217 g/mol. The number of benzene rings is 1. The maximum absolute atomic E-state index is 10.7. The summed E-state index contributed by atoms with van der Waals surface area (Å²) in [5.74, 6) is -0.832. The third-order valence-corrected chi connectivity index (χ3v) is 2.65. The Bertz CT molecular complexity index is 444. The van der Waals surface area contributed by atoms with Gasteiger partial charge in [0.15, 0.2) is 0 Å². The lowest BCUT2D eigenvalue weighted by Crippen LogP contribution is -2.05. The minimum Gasteiger partial charge on any atom is -0.481 e. The fraction of sp³-hybridized carbons (Fsp3) is 0.385. The molecule has 0 aromatic heterocycles. The fourth-order valence-corrected chi connectivity index (χ4v) is 1.79. The Labute approximate surface area is 95.3 Å². The van der Waals surface area contributed by atoms with E-state index in [1.165, 1.54) is 0 Å². The van der Waals surface area contributed by atoms with Gasteiger partial charge in [0.25, 0.3) is 0 Å². The second-order valence-corrected chi connectivity index (χ2v) is 3.67. The van der Waals surface area contributed by atoms with Gasteiger partial charge >= 0.3 is 5.97 Å². The zero-order valence-corrected chi connectivity index (χ0v) is 9.58. The van der Waals surface area contributed by atoms with Crippen LogP contribution in [-0.2, 0) is 24.1 Å². The molecular weight excluding hydrogens is 202 g/mol. The minimum atomic E-state index is -0.832. The Morgan fingerprint density at radius 2 is 1.88 bits per heavy atom. The summed E-state index contributed by atoms with van der Waals surface area (Å²) in [7, 11) is 0. The molecule has 0 heterocycles. The molecule has 0 unspecified atom stereocenters. The normalized spacial score (nSPS) is 9.81. The second kappa shape index (κ2) is 5.32. The van der Waals surface area contributed by atoms with Crippen LogP contribution in [0.1, 0.15) is 36.1 Å². The van der Waals surface area contributed by atoms with Crippen molar-refractivity contribution in [2.24, 2.45) is 0 Å². The van der Waals surface area contributed by atoms with Gasteiger partial charge < -0.3 is 5.11 Å². The molecule has 0 aliphatic rings. The van der Waals surface area contributed by atoms with E-state index in [-0.39, 0.29) is 6.42 Å². The average Bonchev–Trinajstić information content (AvgIpc) is 2.27. The molecule has 1 rings (SSSR count). The zero-order chi connectivity index (χ0) is 12.1. The van der Waals surface area contributed by atoms with Crippen LogP contribution in [0.5, 0.6) is 0 Å². The van der Waals surface area contributed by atoms with Gasteiger partial charge in [-0.15, -0.1) is 0 Å². The van der Waals surface area contributed by atoms with Crippen LogP contribution in [0.2, 0.25) is 0 Å². The molecule has 0 saturated heterocycles. The topological polar surface area (TPSA) is 61.1 Å². The first kappa shape index (κ1) is 12.3. The van der Waals surface area contributed by atoms with Crippen molar-refractivity contribution in [2.45, 2.75) is 33.1 Å². The summed E-state index contributed by atoms with van der Waals surface area (Å²) in [4.78, 5) is 10.7. The summed E-state index contributed by atoms with van der Waals surface area (Å²) in [5, 5.41) is 17.8. The number of hydrogen-bond donors (Lipinski definition) is 1. The zero-order valence-electron chi connectivity index (χ0n) is 9.58. The Morgan fingerprint density at radius 1 is 1.25 bits per heavy atom. The van der Waals surface area contributed by atoms with Gasteiger partial charge in [-0.05, 0) is 35.6 Å². The van der Waals surface area contributed by atoms with E-state index in [0.717, 1.165) is 29.5 Å². The number of rotatable bonds is 4. The third-order valence-electron chi connectivity index (χ3n) is 2.65. The van der Waals surface area contributed by atoms with Gasteiger partial charge in [-0.1, -0.05) is 19.9 Å². The van der Waals surface area contributed by atoms with Crippen molar-refractivity contribution in [1.82, 2.24) is 0 Å². The van der Waals surface area contributed by atoms with E-state index in [1.807, 2.05) is 26.0 Å². The van der Waals surface area contributed by atoms with Crippen molar-refractivity contribution in [3.63, 3.8) is 0 Å². The highest BCUT2D eigenvalue weighted by atomic mass is 16.4. The highest BCUT2D eigenvalue weighted by molar-refractivity contribution is 5.71. The largest absolute Gasteiger partial charge is 0.481 e. The van der Waals surface area contributed by atoms with E-state index in [9.17, 15) is 4.79 Å². The van der Waals surface area contributed by atoms with Crippen molar-refractivity contribution in [1.29, 1.82) is 5.26 Å². The van der Waals surface area contributed by atoms with E-state index in [4.69, 9.17) is 10.4 Å². The molecule has 1 aromatic rings. The molecule has 84 valence electrons. The molecule has 16 heavy (non-hydrogen) atoms. The number of nitriles is 1. The molecule has 0 atom stereocenters. The van der Waals surface area contributed by atoms with Crippen molar-refractivity contribution in [3.05, 3.63) is 34.4 Å². The number of hydrogen-bond acceptors (Lipinski definition) is 2.